The monoisotopic (exact) mass is 372 g/mol. The van der Waals surface area contributed by atoms with Gasteiger partial charge in [-0.3, -0.25) is 0 Å². The minimum atomic E-state index is -2.44. The van der Waals surface area contributed by atoms with Crippen LogP contribution in [0, 0.1) is 0 Å². The van der Waals surface area contributed by atoms with Gasteiger partial charge in [0, 0.05) is 47.0 Å². The summed E-state index contributed by atoms with van der Waals surface area (Å²) in [4.78, 5) is 0. The first-order valence-electron chi connectivity index (χ1n) is 8.07. The zero-order chi connectivity index (χ0) is 17.8. The molecule has 24 heavy (non-hydrogen) atoms. The van der Waals surface area contributed by atoms with Crippen LogP contribution >= 0.6 is 11.8 Å². The summed E-state index contributed by atoms with van der Waals surface area (Å²) in [6.07, 6.45) is 2.77. The lowest BCUT2D eigenvalue weighted by atomic mass is 10.1. The maximum absolute atomic E-state index is 6.26. The highest BCUT2D eigenvalue weighted by Gasteiger charge is 2.36. The number of hydrogen-bond donors (Lipinski definition) is 1. The Kier molecular flexibility index (Phi) is 10.4. The van der Waals surface area contributed by atoms with Crippen LogP contribution in [0.25, 0.3) is 6.08 Å². The number of nitrogens with one attached hydrogen (secondary N) is 1. The van der Waals surface area contributed by atoms with Crippen LogP contribution in [0.3, 0.4) is 0 Å². The SMILES string of the molecule is C=Cc1ccc(CN(Cl)CCNCCC[Si](OC)(OC)OC)cc1. The van der Waals surface area contributed by atoms with Crippen molar-refractivity contribution >= 4 is 26.7 Å². The topological polar surface area (TPSA) is 43.0 Å². The molecule has 0 fully saturated rings. The summed E-state index contributed by atoms with van der Waals surface area (Å²) in [5, 5.41) is 3.38. The second-order valence-corrected chi connectivity index (χ2v) is 9.01. The Labute approximate surface area is 152 Å². The van der Waals surface area contributed by atoms with E-state index in [1.54, 1.807) is 25.7 Å². The lowest BCUT2D eigenvalue weighted by Crippen LogP contribution is -2.43. The molecule has 5 nitrogen and oxygen atoms in total. The van der Waals surface area contributed by atoms with Crippen LogP contribution in [0.15, 0.2) is 30.8 Å². The van der Waals surface area contributed by atoms with E-state index in [1.165, 1.54) is 5.56 Å². The standard InChI is InChI=1S/C17H29ClN2O3Si/c1-5-16-7-9-17(10-8-16)15-20(18)13-12-19-11-6-14-24(21-2,22-3)23-4/h5,7-10,19H,1,6,11-15H2,2-4H3. The third-order valence-corrected chi connectivity index (χ3v) is 6.99. The molecule has 0 aliphatic heterocycles. The fourth-order valence-electron chi connectivity index (χ4n) is 2.35. The van der Waals surface area contributed by atoms with Crippen molar-refractivity contribution < 1.29 is 13.3 Å². The maximum Gasteiger partial charge on any atom is 0.500 e. The fourth-order valence-corrected chi connectivity index (χ4v) is 4.29. The second kappa shape index (κ2) is 11.8. The molecule has 7 heteroatoms. The number of rotatable bonds is 13. The number of halogens is 1. The summed E-state index contributed by atoms with van der Waals surface area (Å²) in [5.74, 6) is 0. The van der Waals surface area contributed by atoms with Crippen molar-refractivity contribution in [3.63, 3.8) is 0 Å². The Morgan fingerprint density at radius 2 is 1.75 bits per heavy atom. The average molecular weight is 373 g/mol. The molecule has 0 amide bonds. The zero-order valence-corrected chi connectivity index (χ0v) is 16.6. The van der Waals surface area contributed by atoms with E-state index in [4.69, 9.17) is 25.1 Å². The first-order chi connectivity index (χ1) is 11.6. The minimum absolute atomic E-state index is 0.716. The van der Waals surface area contributed by atoms with Crippen LogP contribution in [-0.2, 0) is 19.8 Å². The predicted molar refractivity (Wildman–Crippen MR) is 102 cm³/mol. The van der Waals surface area contributed by atoms with Gasteiger partial charge in [0.25, 0.3) is 0 Å². The van der Waals surface area contributed by atoms with Gasteiger partial charge in [0.15, 0.2) is 0 Å². The summed E-state index contributed by atoms with van der Waals surface area (Å²) in [6, 6.07) is 9.03. The van der Waals surface area contributed by atoms with Gasteiger partial charge in [0.05, 0.1) is 0 Å². The van der Waals surface area contributed by atoms with Crippen LogP contribution in [0.1, 0.15) is 17.5 Å². The molecule has 0 bridgehead atoms. The molecule has 0 heterocycles. The predicted octanol–water partition coefficient (Wildman–Crippen LogP) is 3.14. The molecule has 0 saturated carbocycles. The van der Waals surface area contributed by atoms with Gasteiger partial charge in [-0.15, -0.1) is 0 Å². The minimum Gasteiger partial charge on any atom is -0.377 e. The van der Waals surface area contributed by atoms with E-state index in [0.717, 1.165) is 37.7 Å². The highest BCUT2D eigenvalue weighted by Crippen LogP contribution is 2.14. The van der Waals surface area contributed by atoms with Crippen LogP contribution < -0.4 is 5.32 Å². The largest absolute Gasteiger partial charge is 0.500 e. The Morgan fingerprint density at radius 3 is 2.29 bits per heavy atom. The Balaban J connectivity index is 2.17. The van der Waals surface area contributed by atoms with Crippen molar-refractivity contribution in [3.8, 4) is 0 Å². The van der Waals surface area contributed by atoms with Crippen molar-refractivity contribution in [1.82, 2.24) is 9.74 Å². The van der Waals surface area contributed by atoms with E-state index in [0.29, 0.717) is 6.54 Å². The van der Waals surface area contributed by atoms with E-state index in [1.807, 2.05) is 18.2 Å². The quantitative estimate of drug-likeness (QED) is 0.327. The van der Waals surface area contributed by atoms with Crippen molar-refractivity contribution in [2.45, 2.75) is 19.0 Å². The highest BCUT2D eigenvalue weighted by molar-refractivity contribution is 6.60. The molecule has 1 N–H and O–H groups in total. The maximum atomic E-state index is 6.26. The number of nitrogens with zero attached hydrogens (tertiary/aromatic N) is 1. The van der Waals surface area contributed by atoms with Gasteiger partial charge in [-0.2, -0.15) is 0 Å². The fraction of sp³-hybridized carbons (Fsp3) is 0.529. The van der Waals surface area contributed by atoms with Gasteiger partial charge in [-0.25, -0.2) is 4.42 Å². The normalized spacial score (nSPS) is 11.9. The van der Waals surface area contributed by atoms with Gasteiger partial charge >= 0.3 is 8.80 Å². The van der Waals surface area contributed by atoms with Gasteiger partial charge in [-0.1, -0.05) is 36.9 Å². The second-order valence-electron chi connectivity index (χ2n) is 5.44. The van der Waals surface area contributed by atoms with Crippen molar-refractivity contribution in [3.05, 3.63) is 42.0 Å². The summed E-state index contributed by atoms with van der Waals surface area (Å²) < 4.78 is 18.0. The van der Waals surface area contributed by atoms with E-state index < -0.39 is 8.80 Å². The summed E-state index contributed by atoms with van der Waals surface area (Å²) in [5.41, 5.74) is 2.30. The molecule has 0 radical (unpaired) electrons. The molecule has 1 aromatic carbocycles. The van der Waals surface area contributed by atoms with Crippen LogP contribution in [0.5, 0.6) is 0 Å². The van der Waals surface area contributed by atoms with Crippen LogP contribution in [-0.4, -0.2) is 54.2 Å². The first-order valence-corrected chi connectivity index (χ1v) is 10.3. The highest BCUT2D eigenvalue weighted by atomic mass is 35.5. The van der Waals surface area contributed by atoms with E-state index in [2.05, 4.69) is 24.0 Å². The molecular formula is C17H29ClN2O3Si. The summed E-state index contributed by atoms with van der Waals surface area (Å²) >= 11 is 6.26. The van der Waals surface area contributed by atoms with Crippen molar-refractivity contribution in [1.29, 1.82) is 0 Å². The molecule has 0 aromatic heterocycles. The van der Waals surface area contributed by atoms with Gasteiger partial charge in [0.1, 0.15) is 0 Å². The van der Waals surface area contributed by atoms with Crippen molar-refractivity contribution in [2.24, 2.45) is 0 Å². The molecule has 0 aliphatic carbocycles. The van der Waals surface area contributed by atoms with E-state index >= 15 is 0 Å². The molecular weight excluding hydrogens is 344 g/mol. The van der Waals surface area contributed by atoms with E-state index in [-0.39, 0.29) is 0 Å². The molecule has 0 unspecified atom stereocenters. The molecule has 0 spiro atoms. The lowest BCUT2D eigenvalue weighted by Gasteiger charge is -2.24. The van der Waals surface area contributed by atoms with Gasteiger partial charge in [0.2, 0.25) is 0 Å². The Hall–Kier alpha value is -0.733. The summed E-state index contributed by atoms with van der Waals surface area (Å²) in [6.45, 7) is 6.95. The van der Waals surface area contributed by atoms with Crippen LogP contribution in [0.4, 0.5) is 0 Å². The average Bonchev–Trinajstić information content (AvgIpc) is 2.62. The number of benzene rings is 1. The van der Waals surface area contributed by atoms with E-state index in [9.17, 15) is 0 Å². The summed E-state index contributed by atoms with van der Waals surface area (Å²) in [7, 11) is 2.47. The van der Waals surface area contributed by atoms with Crippen molar-refractivity contribution in [2.75, 3.05) is 41.0 Å². The molecule has 0 atom stereocenters. The number of hydrogen-bond acceptors (Lipinski definition) is 5. The Morgan fingerprint density at radius 1 is 1.12 bits per heavy atom. The lowest BCUT2D eigenvalue weighted by molar-refractivity contribution is 0.123. The van der Waals surface area contributed by atoms with Crippen LogP contribution in [0.2, 0.25) is 6.04 Å². The van der Waals surface area contributed by atoms with Gasteiger partial charge in [-0.05, 0) is 35.9 Å². The molecule has 0 saturated heterocycles. The third kappa shape index (κ3) is 7.44. The third-order valence-electron chi connectivity index (χ3n) is 3.87. The smallest absolute Gasteiger partial charge is 0.377 e. The molecule has 0 aliphatic rings. The molecule has 1 rings (SSSR count). The molecule has 1 aromatic rings. The first kappa shape index (κ1) is 21.3. The van der Waals surface area contributed by atoms with Gasteiger partial charge < -0.3 is 18.6 Å². The molecule has 136 valence electrons. The Bertz CT molecular complexity index is 461. The zero-order valence-electron chi connectivity index (χ0n) is 14.9.